The first-order valence-electron chi connectivity index (χ1n) is 7.22. The van der Waals surface area contributed by atoms with Crippen molar-refractivity contribution in [3.8, 4) is 0 Å². The molecular weight excluding hydrogens is 226 g/mol. The largest absolute Gasteiger partial charge is 0.339 e. The Labute approximate surface area is 112 Å². The molecule has 18 heavy (non-hydrogen) atoms. The highest BCUT2D eigenvalue weighted by atomic mass is 16.2. The zero-order chi connectivity index (χ0) is 13.5. The molecule has 0 radical (unpaired) electrons. The van der Waals surface area contributed by atoms with Gasteiger partial charge in [-0.05, 0) is 18.9 Å². The molecule has 1 heterocycles. The maximum absolute atomic E-state index is 11.9. The third-order valence-electron chi connectivity index (χ3n) is 3.41. The van der Waals surface area contributed by atoms with E-state index < -0.39 is 0 Å². The van der Waals surface area contributed by atoms with Gasteiger partial charge in [0.1, 0.15) is 0 Å². The van der Waals surface area contributed by atoms with Crippen molar-refractivity contribution >= 4 is 5.91 Å². The van der Waals surface area contributed by atoms with E-state index >= 15 is 0 Å². The number of nitrogens with zero attached hydrogens (tertiary/aromatic N) is 2. The lowest BCUT2D eigenvalue weighted by Crippen LogP contribution is -2.51. The van der Waals surface area contributed by atoms with E-state index in [0.717, 1.165) is 32.1 Å². The topological polar surface area (TPSA) is 35.6 Å². The van der Waals surface area contributed by atoms with E-state index in [0.29, 0.717) is 12.6 Å². The molecule has 1 saturated heterocycles. The van der Waals surface area contributed by atoms with Crippen molar-refractivity contribution in [1.29, 1.82) is 0 Å². The van der Waals surface area contributed by atoms with Crippen molar-refractivity contribution in [2.45, 2.75) is 40.2 Å². The highest BCUT2D eigenvalue weighted by molar-refractivity contribution is 5.78. The molecule has 0 spiro atoms. The Morgan fingerprint density at radius 2 is 1.72 bits per heavy atom. The van der Waals surface area contributed by atoms with Gasteiger partial charge in [-0.1, -0.05) is 27.7 Å². The Hall–Kier alpha value is -0.610. The molecular formula is C14H29N3O. The van der Waals surface area contributed by atoms with E-state index in [-0.39, 0.29) is 5.91 Å². The molecule has 0 unspecified atom stereocenters. The molecule has 4 nitrogen and oxygen atoms in total. The fraction of sp³-hybridized carbons (Fsp3) is 0.929. The van der Waals surface area contributed by atoms with E-state index in [1.54, 1.807) is 0 Å². The van der Waals surface area contributed by atoms with Crippen LogP contribution in [-0.2, 0) is 4.79 Å². The average Bonchev–Trinajstić information content (AvgIpc) is 2.34. The second-order valence-electron chi connectivity index (χ2n) is 5.94. The van der Waals surface area contributed by atoms with Gasteiger partial charge in [-0.15, -0.1) is 0 Å². The standard InChI is InChI=1S/C14H29N3O/c1-12(2)5-6-16-7-9-17(10-8-16)14(18)11-15-13(3)4/h12-13,15H,5-11H2,1-4H3. The third kappa shape index (κ3) is 5.83. The minimum absolute atomic E-state index is 0.243. The summed E-state index contributed by atoms with van der Waals surface area (Å²) >= 11 is 0. The van der Waals surface area contributed by atoms with Crippen LogP contribution in [0.3, 0.4) is 0 Å². The monoisotopic (exact) mass is 255 g/mol. The van der Waals surface area contributed by atoms with Crippen LogP contribution >= 0.6 is 0 Å². The fourth-order valence-corrected chi connectivity index (χ4v) is 2.06. The van der Waals surface area contributed by atoms with Gasteiger partial charge in [0.2, 0.25) is 5.91 Å². The molecule has 1 N–H and O–H groups in total. The van der Waals surface area contributed by atoms with Gasteiger partial charge in [0, 0.05) is 32.2 Å². The molecule has 1 aliphatic heterocycles. The number of piperazine rings is 1. The van der Waals surface area contributed by atoms with E-state index in [9.17, 15) is 4.79 Å². The van der Waals surface area contributed by atoms with E-state index in [4.69, 9.17) is 0 Å². The normalized spacial score (nSPS) is 17.8. The predicted octanol–water partition coefficient (Wildman–Crippen LogP) is 1.17. The Morgan fingerprint density at radius 3 is 2.22 bits per heavy atom. The van der Waals surface area contributed by atoms with E-state index in [1.165, 1.54) is 13.0 Å². The molecule has 0 aromatic carbocycles. The van der Waals surface area contributed by atoms with Crippen molar-refractivity contribution in [2.75, 3.05) is 39.3 Å². The maximum Gasteiger partial charge on any atom is 0.236 e. The summed E-state index contributed by atoms with van der Waals surface area (Å²) in [7, 11) is 0. The lowest BCUT2D eigenvalue weighted by atomic mass is 10.1. The van der Waals surface area contributed by atoms with Crippen LogP contribution in [0.25, 0.3) is 0 Å². The van der Waals surface area contributed by atoms with Crippen molar-refractivity contribution in [2.24, 2.45) is 5.92 Å². The summed E-state index contributed by atoms with van der Waals surface area (Å²) in [6.07, 6.45) is 1.25. The van der Waals surface area contributed by atoms with Crippen LogP contribution in [0.5, 0.6) is 0 Å². The lowest BCUT2D eigenvalue weighted by Gasteiger charge is -2.35. The molecule has 4 heteroatoms. The Kier molecular flexibility index (Phi) is 6.65. The first kappa shape index (κ1) is 15.4. The summed E-state index contributed by atoms with van der Waals surface area (Å²) in [5, 5.41) is 3.19. The zero-order valence-corrected chi connectivity index (χ0v) is 12.4. The molecule has 1 rings (SSSR count). The van der Waals surface area contributed by atoms with E-state index in [1.807, 2.05) is 4.90 Å². The summed E-state index contributed by atoms with van der Waals surface area (Å²) in [6.45, 7) is 14.1. The SMILES string of the molecule is CC(C)CCN1CCN(C(=O)CNC(C)C)CC1. The average molecular weight is 255 g/mol. The van der Waals surface area contributed by atoms with Gasteiger partial charge in [0.15, 0.2) is 0 Å². The molecule has 1 amide bonds. The van der Waals surface area contributed by atoms with Crippen LogP contribution in [0.2, 0.25) is 0 Å². The minimum Gasteiger partial charge on any atom is -0.339 e. The Morgan fingerprint density at radius 1 is 1.11 bits per heavy atom. The van der Waals surface area contributed by atoms with Crippen molar-refractivity contribution in [3.63, 3.8) is 0 Å². The van der Waals surface area contributed by atoms with Gasteiger partial charge >= 0.3 is 0 Å². The molecule has 0 saturated carbocycles. The maximum atomic E-state index is 11.9. The van der Waals surface area contributed by atoms with Gasteiger partial charge in [-0.3, -0.25) is 9.69 Å². The number of nitrogens with one attached hydrogen (secondary N) is 1. The highest BCUT2D eigenvalue weighted by Gasteiger charge is 2.20. The first-order valence-corrected chi connectivity index (χ1v) is 7.22. The zero-order valence-electron chi connectivity index (χ0n) is 12.4. The smallest absolute Gasteiger partial charge is 0.236 e. The van der Waals surface area contributed by atoms with Crippen molar-refractivity contribution < 1.29 is 4.79 Å². The Balaban J connectivity index is 2.20. The summed E-state index contributed by atoms with van der Waals surface area (Å²) in [5.41, 5.74) is 0. The predicted molar refractivity (Wildman–Crippen MR) is 75.6 cm³/mol. The number of carbonyl (C=O) groups is 1. The fourth-order valence-electron chi connectivity index (χ4n) is 2.06. The van der Waals surface area contributed by atoms with Crippen LogP contribution in [0.15, 0.2) is 0 Å². The van der Waals surface area contributed by atoms with Gasteiger partial charge in [-0.25, -0.2) is 0 Å². The molecule has 0 aliphatic carbocycles. The van der Waals surface area contributed by atoms with Gasteiger partial charge in [0.25, 0.3) is 0 Å². The lowest BCUT2D eigenvalue weighted by molar-refractivity contribution is -0.132. The molecule has 1 fully saturated rings. The minimum atomic E-state index is 0.243. The number of amides is 1. The molecule has 106 valence electrons. The number of hydrogen-bond donors (Lipinski definition) is 1. The summed E-state index contributed by atoms with van der Waals surface area (Å²) in [6, 6.07) is 0.376. The first-order chi connectivity index (χ1) is 8.49. The number of rotatable bonds is 6. The van der Waals surface area contributed by atoms with Crippen LogP contribution in [0.4, 0.5) is 0 Å². The van der Waals surface area contributed by atoms with Gasteiger partial charge in [-0.2, -0.15) is 0 Å². The van der Waals surface area contributed by atoms with Gasteiger partial charge < -0.3 is 10.2 Å². The van der Waals surface area contributed by atoms with Crippen molar-refractivity contribution in [1.82, 2.24) is 15.1 Å². The summed E-state index contributed by atoms with van der Waals surface area (Å²) < 4.78 is 0. The molecule has 1 aliphatic rings. The third-order valence-corrected chi connectivity index (χ3v) is 3.41. The number of hydrogen-bond acceptors (Lipinski definition) is 3. The van der Waals surface area contributed by atoms with Crippen molar-refractivity contribution in [3.05, 3.63) is 0 Å². The van der Waals surface area contributed by atoms with Gasteiger partial charge in [0.05, 0.1) is 6.54 Å². The second kappa shape index (κ2) is 7.74. The molecule has 0 aromatic heterocycles. The molecule has 0 aromatic rings. The molecule has 0 bridgehead atoms. The van der Waals surface area contributed by atoms with Crippen LogP contribution in [-0.4, -0.2) is 61.0 Å². The molecule has 0 atom stereocenters. The van der Waals surface area contributed by atoms with Crippen LogP contribution in [0, 0.1) is 5.92 Å². The quantitative estimate of drug-likeness (QED) is 0.774. The van der Waals surface area contributed by atoms with Crippen LogP contribution in [0.1, 0.15) is 34.1 Å². The van der Waals surface area contributed by atoms with E-state index in [2.05, 4.69) is 37.9 Å². The summed E-state index contributed by atoms with van der Waals surface area (Å²) in [5.74, 6) is 1.01. The Bertz CT molecular complexity index is 245. The second-order valence-corrected chi connectivity index (χ2v) is 5.94. The van der Waals surface area contributed by atoms with Crippen LogP contribution < -0.4 is 5.32 Å². The number of carbonyl (C=O) groups excluding carboxylic acids is 1. The summed E-state index contributed by atoms with van der Waals surface area (Å²) in [4.78, 5) is 16.4. The highest BCUT2D eigenvalue weighted by Crippen LogP contribution is 2.06.